The summed E-state index contributed by atoms with van der Waals surface area (Å²) >= 11 is 0. The van der Waals surface area contributed by atoms with Crippen molar-refractivity contribution >= 4 is 5.69 Å². The summed E-state index contributed by atoms with van der Waals surface area (Å²) in [5.74, 6) is 0.807. The van der Waals surface area contributed by atoms with Crippen molar-refractivity contribution in [3.8, 4) is 0 Å². The van der Waals surface area contributed by atoms with E-state index in [1.807, 2.05) is 0 Å². The van der Waals surface area contributed by atoms with Crippen molar-refractivity contribution in [3.05, 3.63) is 29.8 Å². The van der Waals surface area contributed by atoms with E-state index in [1.165, 1.54) is 30.8 Å². The van der Waals surface area contributed by atoms with Crippen LogP contribution >= 0.6 is 0 Å². The number of rotatable bonds is 3. The Labute approximate surface area is 111 Å². The molecule has 2 heteroatoms. The fraction of sp³-hybridized carbons (Fsp3) is 0.625. The molecule has 1 aromatic carbocycles. The van der Waals surface area contributed by atoms with Crippen LogP contribution in [0, 0.1) is 11.3 Å². The van der Waals surface area contributed by atoms with Gasteiger partial charge in [0.1, 0.15) is 0 Å². The van der Waals surface area contributed by atoms with Crippen molar-refractivity contribution in [1.29, 1.82) is 0 Å². The van der Waals surface area contributed by atoms with E-state index in [2.05, 4.69) is 49.9 Å². The maximum Gasteiger partial charge on any atom is 0.0366 e. The molecule has 1 aliphatic heterocycles. The largest absolute Gasteiger partial charge is 0.371 e. The Bertz CT molecular complexity index is 375. The summed E-state index contributed by atoms with van der Waals surface area (Å²) in [6, 6.07) is 8.92. The van der Waals surface area contributed by atoms with Crippen molar-refractivity contribution < 1.29 is 0 Å². The molecule has 1 fully saturated rings. The fourth-order valence-electron chi connectivity index (χ4n) is 2.74. The Morgan fingerprint density at radius 1 is 1.22 bits per heavy atom. The molecule has 0 bridgehead atoms. The lowest BCUT2D eigenvalue weighted by Gasteiger charge is -2.27. The van der Waals surface area contributed by atoms with Crippen LogP contribution in [0.1, 0.15) is 32.8 Å². The molecule has 2 N–H and O–H groups in total. The number of nitrogens with zero attached hydrogens (tertiary/aromatic N) is 1. The molecule has 0 radical (unpaired) electrons. The van der Waals surface area contributed by atoms with E-state index in [-0.39, 0.29) is 0 Å². The quantitative estimate of drug-likeness (QED) is 0.888. The van der Waals surface area contributed by atoms with Crippen molar-refractivity contribution in [2.45, 2.75) is 33.6 Å². The first-order chi connectivity index (χ1) is 8.50. The predicted octanol–water partition coefficient (Wildman–Crippen LogP) is 3.06. The molecule has 1 aromatic rings. The van der Waals surface area contributed by atoms with E-state index in [0.29, 0.717) is 5.41 Å². The van der Waals surface area contributed by atoms with Gasteiger partial charge in [-0.15, -0.1) is 0 Å². The highest BCUT2D eigenvalue weighted by Gasteiger charge is 2.31. The number of hydrogen-bond acceptors (Lipinski definition) is 2. The van der Waals surface area contributed by atoms with E-state index in [1.54, 1.807) is 0 Å². The first-order valence-electron chi connectivity index (χ1n) is 7.04. The molecule has 1 atom stereocenters. The van der Waals surface area contributed by atoms with Crippen LogP contribution in [0.2, 0.25) is 0 Å². The minimum absolute atomic E-state index is 0.425. The van der Waals surface area contributed by atoms with Crippen LogP contribution in [-0.2, 0) is 6.42 Å². The fourth-order valence-corrected chi connectivity index (χ4v) is 2.74. The highest BCUT2D eigenvalue weighted by Crippen LogP contribution is 2.35. The zero-order valence-corrected chi connectivity index (χ0v) is 11.9. The molecule has 1 unspecified atom stereocenters. The summed E-state index contributed by atoms with van der Waals surface area (Å²) in [5, 5.41) is 0. The molecule has 0 aliphatic carbocycles. The van der Waals surface area contributed by atoms with Crippen LogP contribution in [0.4, 0.5) is 5.69 Å². The van der Waals surface area contributed by atoms with Gasteiger partial charge < -0.3 is 10.6 Å². The predicted molar refractivity (Wildman–Crippen MR) is 79.0 cm³/mol. The van der Waals surface area contributed by atoms with Gasteiger partial charge in [0.05, 0.1) is 0 Å². The van der Waals surface area contributed by atoms with Crippen LogP contribution in [-0.4, -0.2) is 19.6 Å². The van der Waals surface area contributed by atoms with Gasteiger partial charge in [0.2, 0.25) is 0 Å². The third-order valence-electron chi connectivity index (χ3n) is 4.15. The van der Waals surface area contributed by atoms with Crippen molar-refractivity contribution in [1.82, 2.24) is 0 Å². The maximum atomic E-state index is 5.58. The van der Waals surface area contributed by atoms with Crippen LogP contribution in [0.3, 0.4) is 0 Å². The van der Waals surface area contributed by atoms with Crippen LogP contribution < -0.4 is 10.6 Å². The van der Waals surface area contributed by atoms with Gasteiger partial charge in [0.25, 0.3) is 0 Å². The highest BCUT2D eigenvalue weighted by molar-refractivity contribution is 5.48. The van der Waals surface area contributed by atoms with Gasteiger partial charge in [0, 0.05) is 18.8 Å². The first kappa shape index (κ1) is 13.4. The molecule has 18 heavy (non-hydrogen) atoms. The van der Waals surface area contributed by atoms with Gasteiger partial charge in [-0.05, 0) is 48.4 Å². The normalized spacial score (nSPS) is 20.4. The van der Waals surface area contributed by atoms with Crippen LogP contribution in [0.25, 0.3) is 0 Å². The molecule has 100 valence electrons. The number of hydrogen-bond donors (Lipinski definition) is 1. The van der Waals surface area contributed by atoms with Gasteiger partial charge in [-0.1, -0.05) is 32.9 Å². The van der Waals surface area contributed by atoms with Crippen molar-refractivity contribution in [2.24, 2.45) is 17.1 Å². The van der Waals surface area contributed by atoms with E-state index in [0.717, 1.165) is 18.9 Å². The van der Waals surface area contributed by atoms with Gasteiger partial charge in [-0.25, -0.2) is 0 Å². The van der Waals surface area contributed by atoms with Crippen LogP contribution in [0.5, 0.6) is 0 Å². The van der Waals surface area contributed by atoms with E-state index < -0.39 is 0 Å². The first-order valence-corrected chi connectivity index (χ1v) is 7.04. The average molecular weight is 246 g/mol. The van der Waals surface area contributed by atoms with Crippen molar-refractivity contribution in [3.63, 3.8) is 0 Å². The Hall–Kier alpha value is -1.02. The molecular weight excluding hydrogens is 220 g/mol. The number of anilines is 1. The molecular formula is C16H26N2. The average Bonchev–Trinajstić information content (AvgIpc) is 2.79. The summed E-state index contributed by atoms with van der Waals surface area (Å²) in [7, 11) is 0. The third kappa shape index (κ3) is 3.05. The minimum atomic E-state index is 0.425. The molecule has 0 aromatic heterocycles. The molecule has 1 heterocycles. The molecule has 2 rings (SSSR count). The molecule has 0 spiro atoms. The second kappa shape index (κ2) is 5.31. The molecule has 1 saturated heterocycles. The summed E-state index contributed by atoms with van der Waals surface area (Å²) in [4.78, 5) is 2.52. The standard InChI is InChI=1S/C16H26N2/c1-16(2,3)14-9-11-18(12-14)15-6-4-13(5-7-15)8-10-17/h4-7,14H,8-12,17H2,1-3H3. The summed E-state index contributed by atoms with van der Waals surface area (Å²) in [6.07, 6.45) is 2.29. The highest BCUT2D eigenvalue weighted by atomic mass is 15.2. The van der Waals surface area contributed by atoms with Crippen LogP contribution in [0.15, 0.2) is 24.3 Å². The second-order valence-electron chi connectivity index (χ2n) is 6.50. The minimum Gasteiger partial charge on any atom is -0.371 e. The monoisotopic (exact) mass is 246 g/mol. The molecule has 0 saturated carbocycles. The molecule has 2 nitrogen and oxygen atoms in total. The lowest BCUT2D eigenvalue weighted by Crippen LogP contribution is -2.25. The lowest BCUT2D eigenvalue weighted by atomic mass is 9.80. The van der Waals surface area contributed by atoms with Crippen molar-refractivity contribution in [2.75, 3.05) is 24.5 Å². The van der Waals surface area contributed by atoms with Gasteiger partial charge in [0.15, 0.2) is 0 Å². The number of benzene rings is 1. The van der Waals surface area contributed by atoms with Gasteiger partial charge in [-0.3, -0.25) is 0 Å². The summed E-state index contributed by atoms with van der Waals surface area (Å²) < 4.78 is 0. The zero-order valence-electron chi connectivity index (χ0n) is 11.9. The van der Waals surface area contributed by atoms with E-state index in [9.17, 15) is 0 Å². The smallest absolute Gasteiger partial charge is 0.0366 e. The maximum absolute atomic E-state index is 5.58. The lowest BCUT2D eigenvalue weighted by molar-refractivity contribution is 0.263. The topological polar surface area (TPSA) is 29.3 Å². The molecule has 0 amide bonds. The summed E-state index contributed by atoms with van der Waals surface area (Å²) in [6.45, 7) is 10.2. The Kier molecular flexibility index (Phi) is 3.96. The third-order valence-corrected chi connectivity index (χ3v) is 4.15. The SMILES string of the molecule is CC(C)(C)C1CCN(c2ccc(CCN)cc2)C1. The zero-order chi connectivity index (χ0) is 13.2. The Balaban J connectivity index is 2.01. The van der Waals surface area contributed by atoms with Gasteiger partial charge in [-0.2, -0.15) is 0 Å². The second-order valence-corrected chi connectivity index (χ2v) is 6.50. The number of nitrogens with two attached hydrogens (primary N) is 1. The van der Waals surface area contributed by atoms with E-state index >= 15 is 0 Å². The Morgan fingerprint density at radius 2 is 1.89 bits per heavy atom. The Morgan fingerprint density at radius 3 is 2.39 bits per heavy atom. The summed E-state index contributed by atoms with van der Waals surface area (Å²) in [5.41, 5.74) is 8.71. The van der Waals surface area contributed by atoms with Gasteiger partial charge >= 0.3 is 0 Å². The van der Waals surface area contributed by atoms with E-state index in [4.69, 9.17) is 5.73 Å². The molecule has 1 aliphatic rings.